The zero-order valence-electron chi connectivity index (χ0n) is 13.4. The largest absolute Gasteiger partial charge is 0.462 e. The maximum Gasteiger partial charge on any atom is 0.316 e. The van der Waals surface area contributed by atoms with E-state index in [1.807, 2.05) is 37.3 Å². The fourth-order valence-corrected chi connectivity index (χ4v) is 2.70. The van der Waals surface area contributed by atoms with E-state index in [1.54, 1.807) is 19.9 Å². The molecular formula is C18H18N2O2S. The van der Waals surface area contributed by atoms with Crippen molar-refractivity contribution in [2.45, 2.75) is 31.9 Å². The minimum atomic E-state index is -0.309. The molecule has 5 heteroatoms. The van der Waals surface area contributed by atoms with Crippen LogP contribution in [0.4, 0.5) is 0 Å². The third-order valence-corrected chi connectivity index (χ3v) is 3.99. The van der Waals surface area contributed by atoms with E-state index in [0.29, 0.717) is 10.6 Å². The standard InChI is InChI=1S/C18H18N2O2S/c1-12(2)22-17(21)11-23-18-15(10-19)8-9-16(20-18)14-6-4-13(3)5-7-14/h4-9,12H,11H2,1-3H3. The van der Waals surface area contributed by atoms with Gasteiger partial charge in [0.25, 0.3) is 0 Å². The number of carbonyl (C=O) groups is 1. The molecule has 23 heavy (non-hydrogen) atoms. The van der Waals surface area contributed by atoms with Gasteiger partial charge in [-0.15, -0.1) is 0 Å². The Balaban J connectivity index is 2.21. The fourth-order valence-electron chi connectivity index (χ4n) is 1.94. The molecule has 0 N–H and O–H groups in total. The SMILES string of the molecule is Cc1ccc(-c2ccc(C#N)c(SCC(=O)OC(C)C)n2)cc1. The van der Waals surface area contributed by atoms with Gasteiger partial charge in [0.15, 0.2) is 0 Å². The van der Waals surface area contributed by atoms with Gasteiger partial charge in [-0.1, -0.05) is 41.6 Å². The lowest BCUT2D eigenvalue weighted by Crippen LogP contribution is -2.13. The fraction of sp³-hybridized carbons (Fsp3) is 0.278. The highest BCUT2D eigenvalue weighted by molar-refractivity contribution is 7.99. The Morgan fingerprint density at radius 2 is 1.96 bits per heavy atom. The van der Waals surface area contributed by atoms with E-state index in [1.165, 1.54) is 17.3 Å². The zero-order chi connectivity index (χ0) is 16.8. The van der Waals surface area contributed by atoms with Crippen molar-refractivity contribution in [3.05, 3.63) is 47.5 Å². The van der Waals surface area contributed by atoms with Gasteiger partial charge in [0.2, 0.25) is 0 Å². The number of nitriles is 1. The molecule has 0 amide bonds. The van der Waals surface area contributed by atoms with E-state index < -0.39 is 0 Å². The van der Waals surface area contributed by atoms with Crippen molar-refractivity contribution < 1.29 is 9.53 Å². The second-order valence-corrected chi connectivity index (χ2v) is 6.32. The first-order valence-corrected chi connectivity index (χ1v) is 8.28. The molecule has 1 aromatic carbocycles. The smallest absolute Gasteiger partial charge is 0.316 e. The second kappa shape index (κ2) is 7.80. The first-order valence-electron chi connectivity index (χ1n) is 7.30. The van der Waals surface area contributed by atoms with E-state index >= 15 is 0 Å². The molecule has 0 atom stereocenters. The van der Waals surface area contributed by atoms with Crippen LogP contribution in [0.1, 0.15) is 25.0 Å². The Labute approximate surface area is 140 Å². The summed E-state index contributed by atoms with van der Waals surface area (Å²) in [6.07, 6.45) is -0.148. The summed E-state index contributed by atoms with van der Waals surface area (Å²) in [5.41, 5.74) is 3.40. The summed E-state index contributed by atoms with van der Waals surface area (Å²) >= 11 is 1.23. The number of esters is 1. The van der Waals surface area contributed by atoms with Crippen molar-refractivity contribution in [1.29, 1.82) is 5.26 Å². The van der Waals surface area contributed by atoms with Crippen molar-refractivity contribution in [3.8, 4) is 17.3 Å². The molecule has 4 nitrogen and oxygen atoms in total. The monoisotopic (exact) mass is 326 g/mol. The van der Waals surface area contributed by atoms with Crippen LogP contribution in [0, 0.1) is 18.3 Å². The van der Waals surface area contributed by atoms with Crippen LogP contribution in [0.15, 0.2) is 41.4 Å². The quantitative estimate of drug-likeness (QED) is 0.614. The zero-order valence-corrected chi connectivity index (χ0v) is 14.2. The van der Waals surface area contributed by atoms with Crippen LogP contribution in [0.25, 0.3) is 11.3 Å². The van der Waals surface area contributed by atoms with Crippen LogP contribution in [-0.4, -0.2) is 22.8 Å². The van der Waals surface area contributed by atoms with Gasteiger partial charge in [0.05, 0.1) is 23.1 Å². The molecule has 0 bridgehead atoms. The number of hydrogen-bond acceptors (Lipinski definition) is 5. The van der Waals surface area contributed by atoms with Crippen LogP contribution in [-0.2, 0) is 9.53 Å². The lowest BCUT2D eigenvalue weighted by Gasteiger charge is -2.09. The van der Waals surface area contributed by atoms with Gasteiger partial charge < -0.3 is 4.74 Å². The maximum atomic E-state index is 11.7. The van der Waals surface area contributed by atoms with E-state index in [9.17, 15) is 10.1 Å². The maximum absolute atomic E-state index is 11.7. The Kier molecular flexibility index (Phi) is 5.78. The lowest BCUT2D eigenvalue weighted by atomic mass is 10.1. The molecule has 2 aromatic rings. The number of rotatable bonds is 5. The summed E-state index contributed by atoms with van der Waals surface area (Å²) in [5, 5.41) is 9.75. The Bertz CT molecular complexity index is 734. The summed E-state index contributed by atoms with van der Waals surface area (Å²) in [7, 11) is 0. The van der Waals surface area contributed by atoms with Crippen molar-refractivity contribution in [1.82, 2.24) is 4.98 Å². The van der Waals surface area contributed by atoms with E-state index in [0.717, 1.165) is 11.3 Å². The molecule has 0 aliphatic heterocycles. The summed E-state index contributed by atoms with van der Waals surface area (Å²) in [6.45, 7) is 5.64. The Morgan fingerprint density at radius 3 is 2.57 bits per heavy atom. The third kappa shape index (κ3) is 4.83. The summed E-state index contributed by atoms with van der Waals surface area (Å²) < 4.78 is 5.10. The van der Waals surface area contributed by atoms with Crippen LogP contribution in [0.3, 0.4) is 0 Å². The first-order chi connectivity index (χ1) is 11.0. The minimum absolute atomic E-state index is 0.136. The second-order valence-electron chi connectivity index (χ2n) is 5.35. The number of pyridine rings is 1. The van der Waals surface area contributed by atoms with Crippen LogP contribution in [0.5, 0.6) is 0 Å². The van der Waals surface area contributed by atoms with Crippen LogP contribution < -0.4 is 0 Å². The van der Waals surface area contributed by atoms with Gasteiger partial charge in [0, 0.05) is 5.56 Å². The van der Waals surface area contributed by atoms with E-state index in [2.05, 4.69) is 11.1 Å². The van der Waals surface area contributed by atoms with Gasteiger partial charge in [-0.3, -0.25) is 4.79 Å². The first kappa shape index (κ1) is 17.0. The van der Waals surface area contributed by atoms with Crippen molar-refractivity contribution in [2.75, 3.05) is 5.75 Å². The molecule has 0 aliphatic carbocycles. The summed E-state index contributed by atoms with van der Waals surface area (Å²) in [4.78, 5) is 16.2. The minimum Gasteiger partial charge on any atom is -0.462 e. The predicted octanol–water partition coefficient (Wildman–Crippen LogP) is 3.97. The number of benzene rings is 1. The number of nitrogens with zero attached hydrogens (tertiary/aromatic N) is 2. The molecule has 0 saturated heterocycles. The summed E-state index contributed by atoms with van der Waals surface area (Å²) in [5.74, 6) is -0.173. The molecule has 0 unspecified atom stereocenters. The third-order valence-electron chi connectivity index (χ3n) is 3.02. The lowest BCUT2D eigenvalue weighted by molar-refractivity contribution is -0.144. The molecule has 0 fully saturated rings. The number of aryl methyl sites for hydroxylation is 1. The molecular weight excluding hydrogens is 308 g/mol. The number of ether oxygens (including phenoxy) is 1. The molecule has 1 aromatic heterocycles. The predicted molar refractivity (Wildman–Crippen MR) is 91.1 cm³/mol. The van der Waals surface area contributed by atoms with Gasteiger partial charge in [-0.25, -0.2) is 4.98 Å². The molecule has 0 spiro atoms. The van der Waals surface area contributed by atoms with Gasteiger partial charge in [-0.2, -0.15) is 5.26 Å². The number of thioether (sulfide) groups is 1. The number of carbonyl (C=O) groups excluding carboxylic acids is 1. The summed E-state index contributed by atoms with van der Waals surface area (Å²) in [6, 6.07) is 13.7. The highest BCUT2D eigenvalue weighted by Crippen LogP contribution is 2.25. The highest BCUT2D eigenvalue weighted by atomic mass is 32.2. The average molecular weight is 326 g/mol. The van der Waals surface area contributed by atoms with Crippen LogP contribution >= 0.6 is 11.8 Å². The van der Waals surface area contributed by atoms with Crippen LogP contribution in [0.2, 0.25) is 0 Å². The van der Waals surface area contributed by atoms with Gasteiger partial charge in [-0.05, 0) is 32.9 Å². The Morgan fingerprint density at radius 1 is 1.26 bits per heavy atom. The molecule has 2 rings (SSSR count). The molecule has 0 saturated carbocycles. The Hall–Kier alpha value is -2.32. The molecule has 0 radical (unpaired) electrons. The van der Waals surface area contributed by atoms with Gasteiger partial charge >= 0.3 is 5.97 Å². The molecule has 1 heterocycles. The normalized spacial score (nSPS) is 10.4. The van der Waals surface area contributed by atoms with E-state index in [4.69, 9.17) is 4.74 Å². The van der Waals surface area contributed by atoms with Gasteiger partial charge in [0.1, 0.15) is 11.1 Å². The molecule has 0 aliphatic rings. The highest BCUT2D eigenvalue weighted by Gasteiger charge is 2.12. The van der Waals surface area contributed by atoms with E-state index in [-0.39, 0.29) is 17.8 Å². The van der Waals surface area contributed by atoms with Crippen molar-refractivity contribution >= 4 is 17.7 Å². The van der Waals surface area contributed by atoms with Crippen molar-refractivity contribution in [3.63, 3.8) is 0 Å². The topological polar surface area (TPSA) is 63.0 Å². The average Bonchev–Trinajstić information content (AvgIpc) is 2.52. The van der Waals surface area contributed by atoms with Crippen molar-refractivity contribution in [2.24, 2.45) is 0 Å². The number of hydrogen-bond donors (Lipinski definition) is 0. The molecule has 118 valence electrons. The number of aromatic nitrogens is 1.